The molecule has 152 valence electrons. The second kappa shape index (κ2) is 9.09. The average molecular weight is 423 g/mol. The Bertz CT molecular complexity index is 949. The lowest BCUT2D eigenvalue weighted by Crippen LogP contribution is -2.40. The third-order valence-corrected chi connectivity index (χ3v) is 6.75. The van der Waals surface area contributed by atoms with Crippen LogP contribution in [0.3, 0.4) is 0 Å². The summed E-state index contributed by atoms with van der Waals surface area (Å²) in [6, 6.07) is 0.0327. The number of amides is 2. The number of rotatable bonds is 7. The minimum Gasteiger partial charge on any atom is -0.352 e. The fourth-order valence-electron chi connectivity index (χ4n) is 3.34. The summed E-state index contributed by atoms with van der Waals surface area (Å²) in [6.07, 6.45) is 4.24. The Balaban J connectivity index is 1.73. The van der Waals surface area contributed by atoms with Crippen molar-refractivity contribution in [3.8, 4) is 0 Å². The van der Waals surface area contributed by atoms with E-state index in [0.717, 1.165) is 35.9 Å². The molecule has 2 aromatic heterocycles. The second-order valence-corrected chi connectivity index (χ2v) is 9.15. The lowest BCUT2D eigenvalue weighted by Gasteiger charge is -2.12. The van der Waals surface area contributed by atoms with Gasteiger partial charge in [0.1, 0.15) is 4.83 Å². The molecular weight excluding hydrogens is 396 g/mol. The number of thioether (sulfide) groups is 1. The van der Waals surface area contributed by atoms with Crippen molar-refractivity contribution in [2.75, 3.05) is 12.3 Å². The van der Waals surface area contributed by atoms with Crippen LogP contribution in [0.2, 0.25) is 0 Å². The van der Waals surface area contributed by atoms with E-state index in [1.807, 2.05) is 20.8 Å². The molecule has 2 heterocycles. The van der Waals surface area contributed by atoms with Crippen molar-refractivity contribution in [3.05, 3.63) is 20.8 Å². The predicted octanol–water partition coefficient (Wildman–Crippen LogP) is 2.09. The SMILES string of the molecule is CCn1c(SCC(=O)NCC(=O)NC(C)C)nc2sc3c(c2c1=O)CCCC3. The summed E-state index contributed by atoms with van der Waals surface area (Å²) in [7, 11) is 0. The van der Waals surface area contributed by atoms with Crippen molar-refractivity contribution in [2.24, 2.45) is 0 Å². The number of nitrogens with one attached hydrogen (secondary N) is 2. The minimum atomic E-state index is -0.258. The molecule has 7 nitrogen and oxygen atoms in total. The standard InChI is InChI=1S/C19H26N4O3S2/c1-4-23-18(26)16-12-7-5-6-8-13(12)28-17(16)22-19(23)27-10-15(25)20-9-14(24)21-11(2)3/h11H,4-10H2,1-3H3,(H,20,25)(H,21,24). The summed E-state index contributed by atoms with van der Waals surface area (Å²) in [4.78, 5) is 43.5. The fourth-order valence-corrected chi connectivity index (χ4v) is 5.54. The number of fused-ring (bicyclic) bond motifs is 3. The van der Waals surface area contributed by atoms with Crippen molar-refractivity contribution in [2.45, 2.75) is 64.2 Å². The van der Waals surface area contributed by atoms with Gasteiger partial charge in [-0.2, -0.15) is 0 Å². The van der Waals surface area contributed by atoms with E-state index in [1.165, 1.54) is 22.2 Å². The summed E-state index contributed by atoms with van der Waals surface area (Å²) in [5.74, 6) is -0.369. The van der Waals surface area contributed by atoms with E-state index in [-0.39, 0.29) is 35.7 Å². The molecule has 9 heteroatoms. The first-order valence-corrected chi connectivity index (χ1v) is 11.4. The Hall–Kier alpha value is -1.87. The van der Waals surface area contributed by atoms with Gasteiger partial charge in [0.05, 0.1) is 17.7 Å². The Morgan fingerprint density at radius 3 is 2.71 bits per heavy atom. The monoisotopic (exact) mass is 422 g/mol. The summed E-state index contributed by atoms with van der Waals surface area (Å²) in [5, 5.41) is 6.65. The van der Waals surface area contributed by atoms with Crippen molar-refractivity contribution < 1.29 is 9.59 Å². The zero-order valence-corrected chi connectivity index (χ0v) is 18.1. The highest BCUT2D eigenvalue weighted by atomic mass is 32.2. The van der Waals surface area contributed by atoms with Crippen LogP contribution in [-0.4, -0.2) is 39.7 Å². The van der Waals surface area contributed by atoms with Crippen LogP contribution in [0.1, 0.15) is 44.1 Å². The Labute approximate surface area is 172 Å². The Morgan fingerprint density at radius 1 is 1.25 bits per heavy atom. The summed E-state index contributed by atoms with van der Waals surface area (Å²) in [6.45, 7) is 6.09. The molecule has 1 aliphatic carbocycles. The van der Waals surface area contributed by atoms with Crippen LogP contribution in [-0.2, 0) is 29.0 Å². The lowest BCUT2D eigenvalue weighted by atomic mass is 9.97. The summed E-state index contributed by atoms with van der Waals surface area (Å²) in [5.41, 5.74) is 1.17. The minimum absolute atomic E-state index is 0.00822. The van der Waals surface area contributed by atoms with Crippen LogP contribution in [0.25, 0.3) is 10.2 Å². The molecule has 0 radical (unpaired) electrons. The van der Waals surface area contributed by atoms with Gasteiger partial charge < -0.3 is 10.6 Å². The topological polar surface area (TPSA) is 93.1 Å². The molecule has 2 aromatic rings. The number of aromatic nitrogens is 2. The maximum absolute atomic E-state index is 13.0. The van der Waals surface area contributed by atoms with Crippen LogP contribution in [0.15, 0.2) is 9.95 Å². The second-order valence-electron chi connectivity index (χ2n) is 7.12. The largest absolute Gasteiger partial charge is 0.352 e. The molecule has 1 aliphatic rings. The van der Waals surface area contributed by atoms with Gasteiger partial charge in [0.15, 0.2) is 5.16 Å². The quantitative estimate of drug-likeness (QED) is 0.526. The van der Waals surface area contributed by atoms with Crippen LogP contribution in [0.5, 0.6) is 0 Å². The van der Waals surface area contributed by atoms with Crippen LogP contribution >= 0.6 is 23.1 Å². The first-order valence-electron chi connectivity index (χ1n) is 9.64. The lowest BCUT2D eigenvalue weighted by molar-refractivity contribution is -0.125. The molecule has 28 heavy (non-hydrogen) atoms. The van der Waals surface area contributed by atoms with Crippen LogP contribution in [0.4, 0.5) is 0 Å². The first-order chi connectivity index (χ1) is 13.4. The van der Waals surface area contributed by atoms with Gasteiger partial charge in [-0.05, 0) is 52.0 Å². The molecule has 2 N–H and O–H groups in total. The molecule has 2 amide bonds. The molecule has 0 fully saturated rings. The van der Waals surface area contributed by atoms with E-state index in [0.29, 0.717) is 11.7 Å². The number of hydrogen-bond donors (Lipinski definition) is 2. The number of nitrogens with zero attached hydrogens (tertiary/aromatic N) is 2. The van der Waals surface area contributed by atoms with Gasteiger partial charge in [0.2, 0.25) is 11.8 Å². The van der Waals surface area contributed by atoms with Gasteiger partial charge in [-0.1, -0.05) is 11.8 Å². The Kier molecular flexibility index (Phi) is 6.77. The van der Waals surface area contributed by atoms with Crippen LogP contribution in [0, 0.1) is 0 Å². The molecule has 0 saturated heterocycles. The predicted molar refractivity (Wildman–Crippen MR) is 113 cm³/mol. The highest BCUT2D eigenvalue weighted by Gasteiger charge is 2.22. The third kappa shape index (κ3) is 4.57. The number of carbonyl (C=O) groups excluding carboxylic acids is 2. The van der Waals surface area contributed by atoms with Gasteiger partial charge >= 0.3 is 0 Å². The average Bonchev–Trinajstić information content (AvgIpc) is 3.02. The number of thiophene rings is 1. The van der Waals surface area contributed by atoms with E-state index in [1.54, 1.807) is 15.9 Å². The molecule has 0 atom stereocenters. The van der Waals surface area contributed by atoms with E-state index in [2.05, 4.69) is 10.6 Å². The van der Waals surface area contributed by atoms with Crippen molar-refractivity contribution >= 4 is 45.1 Å². The zero-order valence-electron chi connectivity index (χ0n) is 16.5. The summed E-state index contributed by atoms with van der Waals surface area (Å²) >= 11 is 2.85. The van der Waals surface area contributed by atoms with Crippen LogP contribution < -0.4 is 16.2 Å². The van der Waals surface area contributed by atoms with Gasteiger partial charge in [0, 0.05) is 17.5 Å². The summed E-state index contributed by atoms with van der Waals surface area (Å²) < 4.78 is 1.65. The maximum Gasteiger partial charge on any atom is 0.263 e. The normalized spacial score (nSPS) is 13.6. The molecule has 3 rings (SSSR count). The molecule has 0 bridgehead atoms. The van der Waals surface area contributed by atoms with E-state index in [4.69, 9.17) is 4.98 Å². The number of hydrogen-bond acceptors (Lipinski definition) is 6. The van der Waals surface area contributed by atoms with Gasteiger partial charge in [-0.25, -0.2) is 4.98 Å². The van der Waals surface area contributed by atoms with E-state index in [9.17, 15) is 14.4 Å². The van der Waals surface area contributed by atoms with E-state index < -0.39 is 0 Å². The highest BCUT2D eigenvalue weighted by Crippen LogP contribution is 2.34. The fraction of sp³-hybridized carbons (Fsp3) is 0.579. The molecular formula is C19H26N4O3S2. The van der Waals surface area contributed by atoms with Gasteiger partial charge in [-0.3, -0.25) is 19.0 Å². The molecule has 0 spiro atoms. The number of aryl methyl sites for hydroxylation is 2. The number of carbonyl (C=O) groups is 2. The third-order valence-electron chi connectivity index (χ3n) is 4.58. The van der Waals surface area contributed by atoms with Gasteiger partial charge in [-0.15, -0.1) is 11.3 Å². The zero-order chi connectivity index (χ0) is 20.3. The molecule has 0 saturated carbocycles. The molecule has 0 aliphatic heterocycles. The van der Waals surface area contributed by atoms with E-state index >= 15 is 0 Å². The smallest absolute Gasteiger partial charge is 0.263 e. The van der Waals surface area contributed by atoms with Crippen molar-refractivity contribution in [1.29, 1.82) is 0 Å². The molecule has 0 aromatic carbocycles. The highest BCUT2D eigenvalue weighted by molar-refractivity contribution is 7.99. The van der Waals surface area contributed by atoms with Crippen molar-refractivity contribution in [1.82, 2.24) is 20.2 Å². The first kappa shape index (κ1) is 20.9. The van der Waals surface area contributed by atoms with Crippen molar-refractivity contribution in [3.63, 3.8) is 0 Å². The Morgan fingerprint density at radius 2 is 2.00 bits per heavy atom. The maximum atomic E-state index is 13.0. The molecule has 0 unspecified atom stereocenters. The van der Waals surface area contributed by atoms with Gasteiger partial charge in [0.25, 0.3) is 5.56 Å².